The van der Waals surface area contributed by atoms with Gasteiger partial charge in [-0.05, 0) is 17.7 Å². The van der Waals surface area contributed by atoms with E-state index in [1.165, 1.54) is 12.5 Å². The van der Waals surface area contributed by atoms with E-state index < -0.39 is 0 Å². The van der Waals surface area contributed by atoms with Gasteiger partial charge in [-0.2, -0.15) is 0 Å². The first-order chi connectivity index (χ1) is 8.74. The highest BCUT2D eigenvalue weighted by Crippen LogP contribution is 2.09. The van der Waals surface area contributed by atoms with Crippen LogP contribution in [0.15, 0.2) is 24.5 Å². The molecule has 0 spiro atoms. The number of ether oxygens (including phenoxy) is 1. The molecule has 1 atom stereocenters. The van der Waals surface area contributed by atoms with Gasteiger partial charge >= 0.3 is 0 Å². The summed E-state index contributed by atoms with van der Waals surface area (Å²) >= 11 is 0. The van der Waals surface area contributed by atoms with Crippen LogP contribution in [0.25, 0.3) is 0 Å². The second-order valence-electron chi connectivity index (χ2n) is 4.52. The molecule has 1 unspecified atom stereocenters. The molecule has 1 aliphatic rings. The summed E-state index contributed by atoms with van der Waals surface area (Å²) in [5, 5.41) is 2.80. The van der Waals surface area contributed by atoms with E-state index in [2.05, 4.69) is 15.2 Å². The number of hydrogen-bond donors (Lipinski definition) is 1. The fourth-order valence-corrected chi connectivity index (χ4v) is 2.05. The van der Waals surface area contributed by atoms with Crippen LogP contribution in [-0.2, 0) is 16.1 Å². The number of amides is 1. The van der Waals surface area contributed by atoms with Crippen molar-refractivity contribution in [2.24, 2.45) is 0 Å². The maximum atomic E-state index is 10.9. The molecule has 1 saturated heterocycles. The largest absolute Gasteiger partial charge is 0.374 e. The van der Waals surface area contributed by atoms with Crippen molar-refractivity contribution in [1.82, 2.24) is 15.2 Å². The zero-order chi connectivity index (χ0) is 12.8. The lowest BCUT2D eigenvalue weighted by Crippen LogP contribution is -2.46. The molecule has 98 valence electrons. The highest BCUT2D eigenvalue weighted by molar-refractivity contribution is 5.72. The van der Waals surface area contributed by atoms with Crippen LogP contribution in [0.3, 0.4) is 0 Å². The first-order valence-corrected chi connectivity index (χ1v) is 6.21. The molecule has 2 heterocycles. The molecule has 0 aliphatic carbocycles. The lowest BCUT2D eigenvalue weighted by molar-refractivity contribution is -0.120. The van der Waals surface area contributed by atoms with Crippen LogP contribution in [0.2, 0.25) is 0 Å². The number of hydrogen-bond acceptors (Lipinski definition) is 4. The average Bonchev–Trinajstić information content (AvgIpc) is 2.38. The minimum atomic E-state index is -0.00939. The van der Waals surface area contributed by atoms with E-state index in [-0.39, 0.29) is 12.0 Å². The first kappa shape index (κ1) is 13.0. The van der Waals surface area contributed by atoms with Gasteiger partial charge in [-0.25, -0.2) is 0 Å². The number of aromatic nitrogens is 1. The van der Waals surface area contributed by atoms with E-state index in [0.717, 1.165) is 26.2 Å². The fraction of sp³-hybridized carbons (Fsp3) is 0.538. The van der Waals surface area contributed by atoms with Crippen molar-refractivity contribution in [3.8, 4) is 0 Å². The summed E-state index contributed by atoms with van der Waals surface area (Å²) in [7, 11) is 0. The molecule has 1 aromatic rings. The molecule has 18 heavy (non-hydrogen) atoms. The average molecular weight is 249 g/mol. The molecule has 1 aliphatic heterocycles. The van der Waals surface area contributed by atoms with Crippen molar-refractivity contribution in [3.63, 3.8) is 0 Å². The third-order valence-electron chi connectivity index (χ3n) is 2.96. The van der Waals surface area contributed by atoms with E-state index in [1.807, 2.05) is 24.5 Å². The fourth-order valence-electron chi connectivity index (χ4n) is 2.05. The van der Waals surface area contributed by atoms with Crippen LogP contribution in [0.5, 0.6) is 0 Å². The van der Waals surface area contributed by atoms with Crippen molar-refractivity contribution in [1.29, 1.82) is 0 Å². The Morgan fingerprint density at radius 3 is 3.06 bits per heavy atom. The van der Waals surface area contributed by atoms with Crippen molar-refractivity contribution in [3.05, 3.63) is 30.1 Å². The van der Waals surface area contributed by atoms with Gasteiger partial charge in [0.05, 0.1) is 12.7 Å². The summed E-state index contributed by atoms with van der Waals surface area (Å²) < 4.78 is 5.63. The van der Waals surface area contributed by atoms with Crippen LogP contribution >= 0.6 is 0 Å². The zero-order valence-corrected chi connectivity index (χ0v) is 10.6. The predicted octanol–water partition coefficient (Wildman–Crippen LogP) is 0.418. The van der Waals surface area contributed by atoms with Crippen LogP contribution in [0.4, 0.5) is 0 Å². The van der Waals surface area contributed by atoms with Gasteiger partial charge in [0.2, 0.25) is 5.91 Å². The number of nitrogens with zero attached hydrogens (tertiary/aromatic N) is 2. The van der Waals surface area contributed by atoms with E-state index in [4.69, 9.17) is 4.74 Å². The second kappa shape index (κ2) is 6.47. The van der Waals surface area contributed by atoms with E-state index in [1.54, 1.807) is 0 Å². The minimum absolute atomic E-state index is 0.00939. The highest BCUT2D eigenvalue weighted by Gasteiger charge is 2.20. The van der Waals surface area contributed by atoms with Gasteiger partial charge in [0, 0.05) is 45.5 Å². The normalized spacial score (nSPS) is 20.6. The van der Waals surface area contributed by atoms with Gasteiger partial charge in [-0.1, -0.05) is 0 Å². The summed E-state index contributed by atoms with van der Waals surface area (Å²) in [6.45, 7) is 5.51. The Bertz CT molecular complexity index is 383. The molecule has 5 nitrogen and oxygen atoms in total. The molecule has 1 N–H and O–H groups in total. The molecule has 2 rings (SSSR count). The Morgan fingerprint density at radius 1 is 1.56 bits per heavy atom. The van der Waals surface area contributed by atoms with Crippen molar-refractivity contribution < 1.29 is 9.53 Å². The van der Waals surface area contributed by atoms with Gasteiger partial charge in [0.1, 0.15) is 0 Å². The monoisotopic (exact) mass is 249 g/mol. The standard InChI is InChI=1S/C13H19N3O2/c1-11(17)15-8-13-10-16(6-7-18-13)9-12-2-4-14-5-3-12/h2-5,13H,6-10H2,1H3,(H,15,17). The highest BCUT2D eigenvalue weighted by atomic mass is 16.5. The van der Waals surface area contributed by atoms with Gasteiger partial charge in [-0.15, -0.1) is 0 Å². The van der Waals surface area contributed by atoms with Crippen LogP contribution in [-0.4, -0.2) is 48.1 Å². The summed E-state index contributed by atoms with van der Waals surface area (Å²) in [5.74, 6) is -0.00939. The number of nitrogens with one attached hydrogen (secondary N) is 1. The van der Waals surface area contributed by atoms with Crippen LogP contribution < -0.4 is 5.32 Å². The van der Waals surface area contributed by atoms with Crippen molar-refractivity contribution in [2.75, 3.05) is 26.2 Å². The SMILES string of the molecule is CC(=O)NCC1CN(Cc2ccncc2)CCO1. The number of carbonyl (C=O) groups is 1. The molecule has 1 amide bonds. The van der Waals surface area contributed by atoms with Gasteiger partial charge in [0.25, 0.3) is 0 Å². The smallest absolute Gasteiger partial charge is 0.216 e. The van der Waals surface area contributed by atoms with Crippen molar-refractivity contribution >= 4 is 5.91 Å². The van der Waals surface area contributed by atoms with Crippen LogP contribution in [0.1, 0.15) is 12.5 Å². The Kier molecular flexibility index (Phi) is 4.66. The molecule has 0 radical (unpaired) electrons. The summed E-state index contributed by atoms with van der Waals surface area (Å²) in [6, 6.07) is 4.05. The van der Waals surface area contributed by atoms with E-state index in [9.17, 15) is 4.79 Å². The summed E-state index contributed by atoms with van der Waals surface area (Å²) in [4.78, 5) is 17.2. The molecular weight excluding hydrogens is 230 g/mol. The number of carbonyl (C=O) groups excluding carboxylic acids is 1. The minimum Gasteiger partial charge on any atom is -0.374 e. The first-order valence-electron chi connectivity index (χ1n) is 6.21. The lowest BCUT2D eigenvalue weighted by atomic mass is 10.2. The number of pyridine rings is 1. The Hall–Kier alpha value is -1.46. The molecule has 1 aromatic heterocycles. The predicted molar refractivity (Wildman–Crippen MR) is 67.9 cm³/mol. The number of morpholine rings is 1. The summed E-state index contributed by atoms with van der Waals surface area (Å²) in [5.41, 5.74) is 1.25. The third kappa shape index (κ3) is 4.09. The molecular formula is C13H19N3O2. The van der Waals surface area contributed by atoms with Crippen LogP contribution in [0, 0.1) is 0 Å². The second-order valence-corrected chi connectivity index (χ2v) is 4.52. The van der Waals surface area contributed by atoms with Gasteiger partial charge < -0.3 is 10.1 Å². The zero-order valence-electron chi connectivity index (χ0n) is 10.6. The maximum absolute atomic E-state index is 10.9. The maximum Gasteiger partial charge on any atom is 0.216 e. The molecule has 0 bridgehead atoms. The van der Waals surface area contributed by atoms with Crippen molar-refractivity contribution in [2.45, 2.75) is 19.6 Å². The van der Waals surface area contributed by atoms with E-state index >= 15 is 0 Å². The Labute approximate surface area is 107 Å². The van der Waals surface area contributed by atoms with E-state index in [0.29, 0.717) is 6.54 Å². The lowest BCUT2D eigenvalue weighted by Gasteiger charge is -2.32. The topological polar surface area (TPSA) is 54.5 Å². The third-order valence-corrected chi connectivity index (χ3v) is 2.96. The quantitative estimate of drug-likeness (QED) is 0.840. The molecule has 0 saturated carbocycles. The molecule has 0 aromatic carbocycles. The summed E-state index contributed by atoms with van der Waals surface area (Å²) in [6.07, 6.45) is 3.71. The van der Waals surface area contributed by atoms with Gasteiger partial charge in [-0.3, -0.25) is 14.7 Å². The number of rotatable bonds is 4. The van der Waals surface area contributed by atoms with Gasteiger partial charge in [0.15, 0.2) is 0 Å². The molecule has 5 heteroatoms. The molecule has 1 fully saturated rings. The Balaban J connectivity index is 1.81. The Morgan fingerprint density at radius 2 is 2.33 bits per heavy atom.